The molecule has 8 heteroatoms. The highest BCUT2D eigenvalue weighted by Gasteiger charge is 2.18. The lowest BCUT2D eigenvalue weighted by molar-refractivity contribution is -0.143. The first-order valence-corrected chi connectivity index (χ1v) is 15.6. The van der Waals surface area contributed by atoms with Crippen LogP contribution in [0.5, 0.6) is 0 Å². The summed E-state index contributed by atoms with van der Waals surface area (Å²) in [5.74, 6) is -0.970. The molecule has 0 aliphatic heterocycles. The topological polar surface area (TPSA) is 105 Å². The van der Waals surface area contributed by atoms with Gasteiger partial charge in [0.1, 0.15) is 6.54 Å². The highest BCUT2D eigenvalue weighted by Crippen LogP contribution is 2.13. The summed E-state index contributed by atoms with van der Waals surface area (Å²) in [5, 5.41) is 3.89. The minimum atomic E-state index is -0.459. The van der Waals surface area contributed by atoms with Crippen LogP contribution in [0.25, 0.3) is 0 Å². The number of hydrogen-bond donors (Lipinski definition) is 3. The average Bonchev–Trinajstić information content (AvgIpc) is 2.89. The molecule has 0 saturated carbocycles. The number of rotatable bonds is 26. The molecule has 0 unspecified atom stereocenters. The van der Waals surface area contributed by atoms with E-state index in [0.717, 1.165) is 37.1 Å². The van der Waals surface area contributed by atoms with E-state index in [-0.39, 0.29) is 37.3 Å². The fraction of sp³-hybridized carbons (Fsp3) is 0.900. The maximum atomic E-state index is 12.3. The molecule has 7 nitrogen and oxygen atoms in total. The van der Waals surface area contributed by atoms with Gasteiger partial charge in [0.15, 0.2) is 0 Å². The lowest BCUT2D eigenvalue weighted by Crippen LogP contribution is -2.52. The van der Waals surface area contributed by atoms with Crippen molar-refractivity contribution in [3.63, 3.8) is 0 Å². The van der Waals surface area contributed by atoms with Gasteiger partial charge in [-0.2, -0.15) is 0 Å². The third-order valence-electron chi connectivity index (χ3n) is 6.90. The van der Waals surface area contributed by atoms with E-state index in [4.69, 9.17) is 5.73 Å². The summed E-state index contributed by atoms with van der Waals surface area (Å²) >= 11 is 0. The zero-order chi connectivity index (χ0) is 27.4. The van der Waals surface area contributed by atoms with E-state index < -0.39 is 5.91 Å². The summed E-state index contributed by atoms with van der Waals surface area (Å²) < 4.78 is 0. The van der Waals surface area contributed by atoms with Crippen LogP contribution >= 0.6 is 12.4 Å². The van der Waals surface area contributed by atoms with E-state index in [9.17, 15) is 14.4 Å². The molecule has 0 rings (SSSR count). The number of hydrazine groups is 1. The minimum Gasteiger partial charge on any atom is -0.354 e. The summed E-state index contributed by atoms with van der Waals surface area (Å²) in [4.78, 5) is 36.6. The SMILES string of the molecule is CCCCCCCCCCCCCCCCCC(=O)NN(CC(=O)NCCCCCCCC)C(=O)CN.Cl. The third-order valence-corrected chi connectivity index (χ3v) is 6.90. The third kappa shape index (κ3) is 26.3. The van der Waals surface area contributed by atoms with Crippen LogP contribution in [0.2, 0.25) is 0 Å². The summed E-state index contributed by atoms with van der Waals surface area (Å²) in [6.07, 6.45) is 26.4. The van der Waals surface area contributed by atoms with Crippen molar-refractivity contribution in [2.45, 2.75) is 155 Å². The van der Waals surface area contributed by atoms with Crippen LogP contribution in [0, 0.1) is 0 Å². The maximum Gasteiger partial charge on any atom is 0.255 e. The van der Waals surface area contributed by atoms with Crippen LogP contribution in [0.15, 0.2) is 0 Å². The van der Waals surface area contributed by atoms with Crippen molar-refractivity contribution in [3.8, 4) is 0 Å². The molecular formula is C30H61ClN4O3. The Morgan fingerprint density at radius 1 is 0.579 bits per heavy atom. The predicted octanol–water partition coefficient (Wildman–Crippen LogP) is 6.96. The number of nitrogens with two attached hydrogens (primary N) is 1. The van der Waals surface area contributed by atoms with Gasteiger partial charge in [-0.25, -0.2) is 5.01 Å². The molecule has 0 aliphatic rings. The molecule has 0 aromatic rings. The molecule has 0 heterocycles. The molecule has 4 N–H and O–H groups in total. The Morgan fingerprint density at radius 2 is 0.974 bits per heavy atom. The number of halogens is 1. The van der Waals surface area contributed by atoms with Gasteiger partial charge in [-0.1, -0.05) is 136 Å². The molecule has 0 aromatic heterocycles. The second-order valence-corrected chi connectivity index (χ2v) is 10.5. The van der Waals surface area contributed by atoms with E-state index in [0.29, 0.717) is 13.0 Å². The zero-order valence-electron chi connectivity index (χ0n) is 24.8. The van der Waals surface area contributed by atoms with Crippen molar-refractivity contribution in [1.29, 1.82) is 0 Å². The van der Waals surface area contributed by atoms with Crippen LogP contribution < -0.4 is 16.5 Å². The standard InChI is InChI=1S/C30H60N4O3.ClH/c1-3-5-7-9-11-12-13-14-15-16-17-18-19-20-22-24-28(35)33-34(30(37)26-31)27-29(36)32-25-23-21-10-8-6-4-2;/h3-27,31H2,1-2H3,(H,32,36)(H,33,35);1H. The Kier molecular flexibility index (Phi) is 30.8. The molecule has 38 heavy (non-hydrogen) atoms. The van der Waals surface area contributed by atoms with E-state index >= 15 is 0 Å². The van der Waals surface area contributed by atoms with Gasteiger partial charge in [-0.15, -0.1) is 12.4 Å². The molecule has 0 fully saturated rings. The van der Waals surface area contributed by atoms with Crippen LogP contribution in [0.3, 0.4) is 0 Å². The number of carbonyl (C=O) groups excluding carboxylic acids is 3. The van der Waals surface area contributed by atoms with Crippen molar-refractivity contribution < 1.29 is 14.4 Å². The average molecular weight is 561 g/mol. The Bertz CT molecular complexity index is 564. The van der Waals surface area contributed by atoms with E-state index in [1.807, 2.05) is 0 Å². The van der Waals surface area contributed by atoms with Crippen molar-refractivity contribution in [2.24, 2.45) is 5.73 Å². The van der Waals surface area contributed by atoms with Crippen LogP contribution in [-0.4, -0.2) is 42.4 Å². The quantitative estimate of drug-likeness (QED) is 0.0784. The predicted molar refractivity (Wildman–Crippen MR) is 162 cm³/mol. The molecule has 0 aromatic carbocycles. The van der Waals surface area contributed by atoms with Crippen molar-refractivity contribution in [2.75, 3.05) is 19.6 Å². The number of amides is 3. The van der Waals surface area contributed by atoms with Crippen molar-refractivity contribution in [1.82, 2.24) is 15.8 Å². The Hall–Kier alpha value is -1.34. The van der Waals surface area contributed by atoms with Gasteiger partial charge in [0.25, 0.3) is 5.91 Å². The van der Waals surface area contributed by atoms with Gasteiger partial charge in [0.2, 0.25) is 11.8 Å². The molecule has 0 aliphatic carbocycles. The Morgan fingerprint density at radius 3 is 1.39 bits per heavy atom. The van der Waals surface area contributed by atoms with Crippen LogP contribution in [-0.2, 0) is 14.4 Å². The second-order valence-electron chi connectivity index (χ2n) is 10.5. The molecule has 0 atom stereocenters. The minimum absolute atomic E-state index is 0. The summed E-state index contributed by atoms with van der Waals surface area (Å²) in [7, 11) is 0. The molecule has 0 spiro atoms. The molecule has 0 radical (unpaired) electrons. The highest BCUT2D eigenvalue weighted by molar-refractivity contribution is 5.88. The maximum absolute atomic E-state index is 12.3. The smallest absolute Gasteiger partial charge is 0.255 e. The first-order chi connectivity index (χ1) is 18.0. The molecule has 226 valence electrons. The normalized spacial score (nSPS) is 10.6. The highest BCUT2D eigenvalue weighted by atomic mass is 35.5. The molecule has 0 saturated heterocycles. The zero-order valence-corrected chi connectivity index (χ0v) is 25.7. The van der Waals surface area contributed by atoms with Gasteiger partial charge in [-0.3, -0.25) is 19.8 Å². The van der Waals surface area contributed by atoms with Crippen molar-refractivity contribution >= 4 is 30.1 Å². The number of carbonyl (C=O) groups is 3. The van der Waals surface area contributed by atoms with Gasteiger partial charge >= 0.3 is 0 Å². The molecular weight excluding hydrogens is 500 g/mol. The molecule has 0 bridgehead atoms. The summed E-state index contributed by atoms with van der Waals surface area (Å²) in [6, 6.07) is 0. The number of nitrogens with one attached hydrogen (secondary N) is 2. The van der Waals surface area contributed by atoms with E-state index in [1.165, 1.54) is 103 Å². The summed E-state index contributed by atoms with van der Waals surface area (Å²) in [6.45, 7) is 4.59. The first-order valence-electron chi connectivity index (χ1n) is 15.6. The van der Waals surface area contributed by atoms with Crippen LogP contribution in [0.1, 0.15) is 155 Å². The van der Waals surface area contributed by atoms with Gasteiger partial charge < -0.3 is 11.1 Å². The van der Waals surface area contributed by atoms with Gasteiger partial charge in [-0.05, 0) is 12.8 Å². The number of nitrogens with zero attached hydrogens (tertiary/aromatic N) is 1. The monoisotopic (exact) mass is 560 g/mol. The number of hydrogen-bond acceptors (Lipinski definition) is 4. The Labute approximate surface area is 240 Å². The largest absolute Gasteiger partial charge is 0.354 e. The lowest BCUT2D eigenvalue weighted by atomic mass is 10.0. The fourth-order valence-electron chi connectivity index (χ4n) is 4.50. The summed E-state index contributed by atoms with van der Waals surface area (Å²) in [5.41, 5.74) is 8.04. The Balaban J connectivity index is 0. The van der Waals surface area contributed by atoms with Crippen molar-refractivity contribution in [3.05, 3.63) is 0 Å². The van der Waals surface area contributed by atoms with Crippen LogP contribution in [0.4, 0.5) is 0 Å². The number of unbranched alkanes of at least 4 members (excludes halogenated alkanes) is 19. The molecule has 3 amide bonds. The first kappa shape index (κ1) is 38.8. The van der Waals surface area contributed by atoms with E-state index in [2.05, 4.69) is 24.6 Å². The van der Waals surface area contributed by atoms with Gasteiger partial charge in [0.05, 0.1) is 6.54 Å². The second kappa shape index (κ2) is 30.2. The van der Waals surface area contributed by atoms with Gasteiger partial charge in [0, 0.05) is 13.0 Å². The fourth-order valence-corrected chi connectivity index (χ4v) is 4.50. The van der Waals surface area contributed by atoms with E-state index in [1.54, 1.807) is 0 Å². The lowest BCUT2D eigenvalue weighted by Gasteiger charge is -2.22.